The van der Waals surface area contributed by atoms with Gasteiger partial charge in [-0.05, 0) is 53.6 Å². The quantitative estimate of drug-likeness (QED) is 0.802. The fraction of sp³-hybridized carbons (Fsp3) is 0.391. The Morgan fingerprint density at radius 2 is 1.36 bits per heavy atom. The van der Waals surface area contributed by atoms with E-state index in [0.29, 0.717) is 12.1 Å². The Morgan fingerprint density at radius 3 is 1.86 bits per heavy atom. The number of carbonyl (C=O) groups is 2. The predicted octanol–water partition coefficient (Wildman–Crippen LogP) is 4.79. The molecule has 1 fully saturated rings. The van der Waals surface area contributed by atoms with Crippen LogP contribution in [0.15, 0.2) is 48.5 Å². The molecule has 2 aromatic carbocycles. The van der Waals surface area contributed by atoms with Crippen LogP contribution in [-0.4, -0.2) is 29.9 Å². The molecule has 0 saturated carbocycles. The predicted molar refractivity (Wildman–Crippen MR) is 114 cm³/mol. The number of nitrogens with zero attached hydrogens (tertiary/aromatic N) is 1. The lowest BCUT2D eigenvalue weighted by Gasteiger charge is -2.19. The topological polar surface area (TPSA) is 61.4 Å². The highest BCUT2D eigenvalue weighted by Crippen LogP contribution is 2.23. The van der Waals surface area contributed by atoms with Gasteiger partial charge in [0.05, 0.1) is 6.42 Å². The molecule has 2 aromatic rings. The number of hydrogen-bond donors (Lipinski definition) is 2. The second kappa shape index (κ2) is 8.46. The molecule has 3 amide bonds. The van der Waals surface area contributed by atoms with Crippen LogP contribution in [-0.2, 0) is 16.6 Å². The number of nitrogens with one attached hydrogen (secondary N) is 2. The van der Waals surface area contributed by atoms with E-state index in [9.17, 15) is 9.59 Å². The molecule has 0 aliphatic carbocycles. The summed E-state index contributed by atoms with van der Waals surface area (Å²) in [7, 11) is 0. The number of benzene rings is 2. The minimum Gasteiger partial charge on any atom is -0.342 e. The molecule has 0 aromatic heterocycles. The van der Waals surface area contributed by atoms with E-state index in [4.69, 9.17) is 0 Å². The van der Waals surface area contributed by atoms with Crippen LogP contribution in [0.3, 0.4) is 0 Å². The normalized spacial score (nSPS) is 14.0. The number of rotatable bonds is 4. The molecule has 5 nitrogen and oxygen atoms in total. The van der Waals surface area contributed by atoms with Crippen LogP contribution in [0, 0.1) is 0 Å². The number of anilines is 2. The highest BCUT2D eigenvalue weighted by molar-refractivity contribution is 5.99. The molecule has 1 heterocycles. The van der Waals surface area contributed by atoms with E-state index < -0.39 is 0 Å². The fourth-order valence-corrected chi connectivity index (χ4v) is 3.31. The number of hydrogen-bond acceptors (Lipinski definition) is 2. The van der Waals surface area contributed by atoms with Crippen LogP contribution in [0.4, 0.5) is 16.2 Å². The zero-order valence-electron chi connectivity index (χ0n) is 16.9. The Morgan fingerprint density at radius 1 is 0.857 bits per heavy atom. The molecule has 148 valence electrons. The monoisotopic (exact) mass is 379 g/mol. The second-order valence-corrected chi connectivity index (χ2v) is 8.37. The Bertz CT molecular complexity index is 814. The van der Waals surface area contributed by atoms with Crippen molar-refractivity contribution in [3.63, 3.8) is 0 Å². The Hall–Kier alpha value is -2.82. The van der Waals surface area contributed by atoms with Gasteiger partial charge in [0.25, 0.3) is 0 Å². The van der Waals surface area contributed by atoms with Crippen molar-refractivity contribution < 1.29 is 9.59 Å². The average Bonchev–Trinajstić information content (AvgIpc) is 3.18. The molecular formula is C23H29N3O2. The largest absolute Gasteiger partial charge is 0.342 e. The van der Waals surface area contributed by atoms with Gasteiger partial charge in [-0.25, -0.2) is 4.79 Å². The molecule has 1 saturated heterocycles. The highest BCUT2D eigenvalue weighted by Gasteiger charge is 2.18. The molecule has 0 bridgehead atoms. The van der Waals surface area contributed by atoms with Crippen LogP contribution in [0.25, 0.3) is 0 Å². The Labute approximate surface area is 167 Å². The van der Waals surface area contributed by atoms with Crippen LogP contribution in [0.5, 0.6) is 0 Å². The van der Waals surface area contributed by atoms with Gasteiger partial charge in [-0.1, -0.05) is 45.0 Å². The van der Waals surface area contributed by atoms with Gasteiger partial charge in [0.15, 0.2) is 0 Å². The minimum absolute atomic E-state index is 0.0820. The highest BCUT2D eigenvalue weighted by atomic mass is 16.2. The molecule has 2 N–H and O–H groups in total. The molecule has 1 aliphatic rings. The zero-order chi connectivity index (χ0) is 20.1. The summed E-state index contributed by atoms with van der Waals surface area (Å²) in [5.74, 6) is 0.176. The third-order valence-electron chi connectivity index (χ3n) is 5.03. The maximum Gasteiger partial charge on any atom is 0.323 e. The molecule has 0 radical (unpaired) electrons. The third-order valence-corrected chi connectivity index (χ3v) is 5.03. The second-order valence-electron chi connectivity index (χ2n) is 8.37. The summed E-state index contributed by atoms with van der Waals surface area (Å²) >= 11 is 0. The lowest BCUT2D eigenvalue weighted by atomic mass is 9.87. The summed E-state index contributed by atoms with van der Waals surface area (Å²) < 4.78 is 0. The summed E-state index contributed by atoms with van der Waals surface area (Å²) in [4.78, 5) is 26.4. The van der Waals surface area contributed by atoms with Gasteiger partial charge >= 0.3 is 6.03 Å². The maximum atomic E-state index is 12.2. The van der Waals surface area contributed by atoms with Gasteiger partial charge in [-0.3, -0.25) is 4.79 Å². The standard InChI is InChI=1S/C23H29N3O2/c1-23(2,3)18-8-12-20(13-9-18)25-22(28)24-19-10-6-17(7-11-19)16-21(27)26-14-4-5-15-26/h6-13H,4-5,14-16H2,1-3H3,(H2,24,25,28). The molecule has 0 spiro atoms. The smallest absolute Gasteiger partial charge is 0.323 e. The zero-order valence-corrected chi connectivity index (χ0v) is 16.9. The molecule has 0 unspecified atom stereocenters. The van der Waals surface area contributed by atoms with Crippen molar-refractivity contribution in [3.8, 4) is 0 Å². The van der Waals surface area contributed by atoms with E-state index in [1.165, 1.54) is 5.56 Å². The van der Waals surface area contributed by atoms with Crippen LogP contribution in [0.1, 0.15) is 44.7 Å². The number of carbonyl (C=O) groups excluding carboxylic acids is 2. The first-order valence-electron chi connectivity index (χ1n) is 9.86. The third kappa shape index (κ3) is 5.35. The molecule has 1 aliphatic heterocycles. The van der Waals surface area contributed by atoms with E-state index in [1.54, 1.807) is 0 Å². The van der Waals surface area contributed by atoms with Gasteiger partial charge in [-0.15, -0.1) is 0 Å². The average molecular weight is 380 g/mol. The Kier molecular flexibility index (Phi) is 6.02. The molecule has 0 atom stereocenters. The first kappa shape index (κ1) is 19.9. The lowest BCUT2D eigenvalue weighted by molar-refractivity contribution is -0.129. The first-order chi connectivity index (χ1) is 13.3. The van der Waals surface area contributed by atoms with Crippen molar-refractivity contribution >= 4 is 23.3 Å². The van der Waals surface area contributed by atoms with Gasteiger partial charge < -0.3 is 15.5 Å². The van der Waals surface area contributed by atoms with E-state index in [-0.39, 0.29) is 17.4 Å². The van der Waals surface area contributed by atoms with Gasteiger partial charge in [-0.2, -0.15) is 0 Å². The van der Waals surface area contributed by atoms with E-state index in [1.807, 2.05) is 53.4 Å². The minimum atomic E-state index is -0.288. The lowest BCUT2D eigenvalue weighted by Crippen LogP contribution is -2.29. The summed E-state index contributed by atoms with van der Waals surface area (Å²) in [5.41, 5.74) is 3.70. The van der Waals surface area contributed by atoms with E-state index in [2.05, 4.69) is 31.4 Å². The summed E-state index contributed by atoms with van der Waals surface area (Å²) in [5, 5.41) is 5.67. The molecular weight excluding hydrogens is 350 g/mol. The van der Waals surface area contributed by atoms with Crippen LogP contribution in [0.2, 0.25) is 0 Å². The first-order valence-corrected chi connectivity index (χ1v) is 9.86. The maximum absolute atomic E-state index is 12.2. The number of urea groups is 1. The Balaban J connectivity index is 1.52. The van der Waals surface area contributed by atoms with Gasteiger partial charge in [0.1, 0.15) is 0 Å². The van der Waals surface area contributed by atoms with Crippen molar-refractivity contribution in [1.82, 2.24) is 4.90 Å². The van der Waals surface area contributed by atoms with Crippen molar-refractivity contribution in [3.05, 3.63) is 59.7 Å². The summed E-state index contributed by atoms with van der Waals surface area (Å²) in [6.07, 6.45) is 2.61. The van der Waals surface area contributed by atoms with Crippen LogP contribution >= 0.6 is 0 Å². The van der Waals surface area contributed by atoms with Crippen molar-refractivity contribution in [2.75, 3.05) is 23.7 Å². The SMILES string of the molecule is CC(C)(C)c1ccc(NC(=O)Nc2ccc(CC(=O)N3CCCC3)cc2)cc1. The number of likely N-dealkylation sites (tertiary alicyclic amines) is 1. The van der Waals surface area contributed by atoms with Crippen molar-refractivity contribution in [1.29, 1.82) is 0 Å². The van der Waals surface area contributed by atoms with E-state index >= 15 is 0 Å². The van der Waals surface area contributed by atoms with Crippen LogP contribution < -0.4 is 10.6 Å². The molecule has 28 heavy (non-hydrogen) atoms. The van der Waals surface area contributed by atoms with Gasteiger partial charge in [0, 0.05) is 24.5 Å². The van der Waals surface area contributed by atoms with Crippen molar-refractivity contribution in [2.45, 2.75) is 45.4 Å². The molecule has 5 heteroatoms. The van der Waals surface area contributed by atoms with E-state index in [0.717, 1.165) is 37.2 Å². The summed E-state index contributed by atoms with van der Waals surface area (Å²) in [6, 6.07) is 15.0. The van der Waals surface area contributed by atoms with Gasteiger partial charge in [0.2, 0.25) is 5.91 Å². The van der Waals surface area contributed by atoms with Crippen molar-refractivity contribution in [2.24, 2.45) is 0 Å². The number of amides is 3. The summed E-state index contributed by atoms with van der Waals surface area (Å²) in [6.45, 7) is 8.21. The fourth-order valence-electron chi connectivity index (χ4n) is 3.31. The molecule has 3 rings (SSSR count).